The number of nitrogen functional groups attached to an aromatic ring is 4. The van der Waals surface area contributed by atoms with Crippen LogP contribution in [0.3, 0.4) is 0 Å². The summed E-state index contributed by atoms with van der Waals surface area (Å²) >= 11 is 0. The van der Waals surface area contributed by atoms with Crippen LogP contribution in [-0.4, -0.2) is 19.6 Å². The summed E-state index contributed by atoms with van der Waals surface area (Å²) in [5, 5.41) is 10.8. The third-order valence-electron chi connectivity index (χ3n) is 4.53. The summed E-state index contributed by atoms with van der Waals surface area (Å²) < 4.78 is 3.37. The molecular formula is C18H20N8. The first-order valence-electron chi connectivity index (χ1n) is 8.17. The van der Waals surface area contributed by atoms with Crippen molar-refractivity contribution in [3.8, 4) is 0 Å². The fourth-order valence-corrected chi connectivity index (χ4v) is 3.02. The lowest BCUT2D eigenvalue weighted by molar-refractivity contribution is 0.663. The van der Waals surface area contributed by atoms with Crippen molar-refractivity contribution in [3.63, 3.8) is 0 Å². The molecule has 4 aromatic rings. The van der Waals surface area contributed by atoms with Crippen molar-refractivity contribution >= 4 is 33.8 Å². The fraction of sp³-hybridized carbons (Fsp3) is 0.111. The van der Waals surface area contributed by atoms with Crippen molar-refractivity contribution in [2.75, 3.05) is 22.9 Å². The van der Waals surface area contributed by atoms with Crippen molar-refractivity contribution in [2.45, 2.75) is 13.1 Å². The highest BCUT2D eigenvalue weighted by atomic mass is 15.3. The average molecular weight is 348 g/mol. The molecule has 0 saturated heterocycles. The smallest absolute Gasteiger partial charge is 0.145 e. The molecule has 2 aromatic carbocycles. The number of hydrogen-bond acceptors (Lipinski definition) is 6. The quantitative estimate of drug-likeness (QED) is 0.442. The number of hydrogen-bond donors (Lipinski definition) is 4. The first-order valence-corrected chi connectivity index (χ1v) is 8.17. The Morgan fingerprint density at radius 2 is 1.12 bits per heavy atom. The van der Waals surface area contributed by atoms with Crippen LogP contribution >= 0.6 is 0 Å². The second kappa shape index (κ2) is 5.99. The minimum atomic E-state index is 0.451. The Balaban J connectivity index is 1.80. The molecule has 0 unspecified atom stereocenters. The number of aromatic nitrogens is 4. The van der Waals surface area contributed by atoms with Crippen LogP contribution in [0.1, 0.15) is 11.1 Å². The van der Waals surface area contributed by atoms with E-state index in [1.54, 1.807) is 21.8 Å². The lowest BCUT2D eigenvalue weighted by Crippen LogP contribution is -2.12. The summed E-state index contributed by atoms with van der Waals surface area (Å²) in [4.78, 5) is 0. The van der Waals surface area contributed by atoms with Gasteiger partial charge in [-0.2, -0.15) is 10.2 Å². The molecule has 132 valence electrons. The molecule has 0 aliphatic heterocycles. The maximum absolute atomic E-state index is 6.01. The van der Waals surface area contributed by atoms with E-state index in [0.717, 1.165) is 21.9 Å². The van der Waals surface area contributed by atoms with E-state index in [4.69, 9.17) is 22.9 Å². The van der Waals surface area contributed by atoms with Crippen molar-refractivity contribution in [2.24, 2.45) is 0 Å². The van der Waals surface area contributed by atoms with Crippen LogP contribution in [-0.2, 0) is 13.1 Å². The Labute approximate surface area is 150 Å². The monoisotopic (exact) mass is 348 g/mol. The summed E-state index contributed by atoms with van der Waals surface area (Å²) in [6.45, 7) is 1.000. The lowest BCUT2D eigenvalue weighted by Gasteiger charge is -2.14. The normalized spacial score (nSPS) is 11.2. The van der Waals surface area contributed by atoms with Crippen molar-refractivity contribution in [1.29, 1.82) is 0 Å². The molecule has 0 radical (unpaired) electrons. The van der Waals surface area contributed by atoms with Gasteiger partial charge in [-0.3, -0.25) is 0 Å². The average Bonchev–Trinajstić information content (AvgIpc) is 3.12. The van der Waals surface area contributed by atoms with Gasteiger partial charge in [-0.1, -0.05) is 24.3 Å². The number of nitrogens with two attached hydrogens (primary N) is 4. The van der Waals surface area contributed by atoms with Gasteiger partial charge in [0.1, 0.15) is 11.6 Å². The molecule has 26 heavy (non-hydrogen) atoms. The van der Waals surface area contributed by atoms with E-state index < -0.39 is 0 Å². The summed E-state index contributed by atoms with van der Waals surface area (Å²) in [5.41, 5.74) is 26.7. The van der Waals surface area contributed by atoms with Gasteiger partial charge in [0.15, 0.2) is 0 Å². The highest BCUT2D eigenvalue weighted by Gasteiger charge is 2.12. The van der Waals surface area contributed by atoms with E-state index >= 15 is 0 Å². The van der Waals surface area contributed by atoms with E-state index in [1.165, 1.54) is 0 Å². The maximum atomic E-state index is 6.01. The molecule has 8 N–H and O–H groups in total. The van der Waals surface area contributed by atoms with Crippen molar-refractivity contribution in [3.05, 3.63) is 59.9 Å². The van der Waals surface area contributed by atoms with Gasteiger partial charge in [0.25, 0.3) is 0 Å². The molecular weight excluding hydrogens is 328 g/mol. The molecule has 0 saturated carbocycles. The van der Waals surface area contributed by atoms with E-state index in [0.29, 0.717) is 36.1 Å². The second-order valence-electron chi connectivity index (χ2n) is 6.25. The molecule has 0 spiro atoms. The molecule has 0 aliphatic rings. The SMILES string of the molecule is Nc1cnn(Cc2cc3ccccc3cc2Cn2ncc(N)c2N)c1N. The van der Waals surface area contributed by atoms with Crippen LogP contribution in [0.2, 0.25) is 0 Å². The van der Waals surface area contributed by atoms with Crippen LogP contribution in [0.5, 0.6) is 0 Å². The molecule has 0 aliphatic carbocycles. The van der Waals surface area contributed by atoms with Gasteiger partial charge in [0.2, 0.25) is 0 Å². The second-order valence-corrected chi connectivity index (χ2v) is 6.25. The summed E-state index contributed by atoms with van der Waals surface area (Å²) in [7, 11) is 0. The summed E-state index contributed by atoms with van der Waals surface area (Å²) in [6.07, 6.45) is 3.12. The number of anilines is 4. The first-order chi connectivity index (χ1) is 12.5. The Bertz CT molecular complexity index is 1010. The molecule has 0 fully saturated rings. The van der Waals surface area contributed by atoms with Crippen LogP contribution < -0.4 is 22.9 Å². The number of benzene rings is 2. The highest BCUT2D eigenvalue weighted by molar-refractivity contribution is 5.84. The highest BCUT2D eigenvalue weighted by Crippen LogP contribution is 2.25. The zero-order valence-electron chi connectivity index (χ0n) is 14.1. The van der Waals surface area contributed by atoms with Gasteiger partial charge in [-0.05, 0) is 34.0 Å². The van der Waals surface area contributed by atoms with Gasteiger partial charge in [0, 0.05) is 0 Å². The van der Waals surface area contributed by atoms with Crippen molar-refractivity contribution < 1.29 is 0 Å². The first kappa shape index (κ1) is 15.8. The minimum Gasteiger partial charge on any atom is -0.394 e. The molecule has 8 heteroatoms. The van der Waals surface area contributed by atoms with E-state index in [9.17, 15) is 0 Å². The third-order valence-corrected chi connectivity index (χ3v) is 4.53. The number of fused-ring (bicyclic) bond motifs is 1. The Morgan fingerprint density at radius 3 is 1.46 bits per heavy atom. The van der Waals surface area contributed by atoms with Crippen LogP contribution in [0.4, 0.5) is 23.0 Å². The van der Waals surface area contributed by atoms with Gasteiger partial charge >= 0.3 is 0 Å². The summed E-state index contributed by atoms with van der Waals surface area (Å²) in [6, 6.07) is 12.4. The number of rotatable bonds is 4. The Morgan fingerprint density at radius 1 is 0.692 bits per heavy atom. The molecule has 0 atom stereocenters. The van der Waals surface area contributed by atoms with E-state index in [2.05, 4.69) is 34.5 Å². The zero-order valence-corrected chi connectivity index (χ0v) is 14.1. The zero-order chi connectivity index (χ0) is 18.3. The third kappa shape index (κ3) is 2.67. The lowest BCUT2D eigenvalue weighted by atomic mass is 10.0. The maximum Gasteiger partial charge on any atom is 0.145 e. The molecule has 0 amide bonds. The Kier molecular flexibility index (Phi) is 3.65. The van der Waals surface area contributed by atoms with Crippen molar-refractivity contribution in [1.82, 2.24) is 19.6 Å². The van der Waals surface area contributed by atoms with Crippen LogP contribution in [0.25, 0.3) is 10.8 Å². The molecule has 2 heterocycles. The van der Waals surface area contributed by atoms with Gasteiger partial charge in [-0.25, -0.2) is 9.36 Å². The molecule has 8 nitrogen and oxygen atoms in total. The molecule has 4 rings (SSSR count). The Hall–Kier alpha value is -3.68. The van der Waals surface area contributed by atoms with Gasteiger partial charge < -0.3 is 22.9 Å². The standard InChI is InChI=1S/C18H20N8/c19-15-7-23-25(17(15)21)9-13-5-11-3-1-2-4-12(11)6-14(13)10-26-18(22)16(20)8-24-26/h1-8H,9-10,19-22H2. The predicted octanol–water partition coefficient (Wildman–Crippen LogP) is 1.66. The number of nitrogens with zero attached hydrogens (tertiary/aromatic N) is 4. The van der Waals surface area contributed by atoms with Crippen LogP contribution in [0, 0.1) is 0 Å². The topological polar surface area (TPSA) is 140 Å². The predicted molar refractivity (Wildman–Crippen MR) is 104 cm³/mol. The van der Waals surface area contributed by atoms with Crippen LogP contribution in [0.15, 0.2) is 48.8 Å². The van der Waals surface area contributed by atoms with Gasteiger partial charge in [-0.15, -0.1) is 0 Å². The minimum absolute atomic E-state index is 0.451. The molecule has 0 bridgehead atoms. The fourth-order valence-electron chi connectivity index (χ4n) is 3.02. The van der Waals surface area contributed by atoms with E-state index in [-0.39, 0.29) is 0 Å². The van der Waals surface area contributed by atoms with Gasteiger partial charge in [0.05, 0.1) is 36.9 Å². The summed E-state index contributed by atoms with van der Waals surface area (Å²) in [5.74, 6) is 0.902. The van der Waals surface area contributed by atoms with E-state index in [1.807, 2.05) is 12.1 Å². The molecule has 2 aromatic heterocycles. The largest absolute Gasteiger partial charge is 0.394 e.